The van der Waals surface area contributed by atoms with E-state index < -0.39 is 6.10 Å². The molecule has 0 aliphatic carbocycles. The van der Waals surface area contributed by atoms with Crippen LogP contribution in [0.2, 0.25) is 0 Å². The highest BCUT2D eigenvalue weighted by Crippen LogP contribution is 2.11. The zero-order valence-corrected chi connectivity index (χ0v) is 7.64. The summed E-state index contributed by atoms with van der Waals surface area (Å²) >= 11 is 0. The molecule has 1 amide bonds. The van der Waals surface area contributed by atoms with Crippen LogP contribution in [0, 0.1) is 5.41 Å². The van der Waals surface area contributed by atoms with Crippen molar-refractivity contribution >= 4 is 5.91 Å². The van der Waals surface area contributed by atoms with E-state index in [0.29, 0.717) is 6.54 Å². The first-order chi connectivity index (χ1) is 4.84. The van der Waals surface area contributed by atoms with E-state index in [-0.39, 0.29) is 11.3 Å². The first-order valence-corrected chi connectivity index (χ1v) is 3.80. The Hall–Kier alpha value is -0.570. The van der Waals surface area contributed by atoms with Gasteiger partial charge in [0.25, 0.3) is 0 Å². The van der Waals surface area contributed by atoms with Crippen molar-refractivity contribution in [1.29, 1.82) is 0 Å². The van der Waals surface area contributed by atoms with Crippen molar-refractivity contribution in [1.82, 2.24) is 5.32 Å². The minimum absolute atomic E-state index is 0.0293. The molecular weight excluding hydrogens is 142 g/mol. The maximum atomic E-state index is 11.1. The standard InChI is InChI=1S/C8H17NO2/c1-6(10)5-9-7(11)8(2,3)4/h6,10H,5H2,1-4H3,(H,9,11). The van der Waals surface area contributed by atoms with Gasteiger partial charge in [-0.05, 0) is 6.92 Å². The van der Waals surface area contributed by atoms with Crippen molar-refractivity contribution in [3.8, 4) is 0 Å². The van der Waals surface area contributed by atoms with Crippen LogP contribution < -0.4 is 5.32 Å². The summed E-state index contributed by atoms with van der Waals surface area (Å²) in [5, 5.41) is 11.5. The second kappa shape index (κ2) is 3.72. The first kappa shape index (κ1) is 10.4. The van der Waals surface area contributed by atoms with Crippen LogP contribution in [0.3, 0.4) is 0 Å². The van der Waals surface area contributed by atoms with Gasteiger partial charge >= 0.3 is 0 Å². The van der Waals surface area contributed by atoms with Crippen molar-refractivity contribution in [2.24, 2.45) is 5.41 Å². The SMILES string of the molecule is CC(O)CNC(=O)C(C)(C)C. The Morgan fingerprint density at radius 1 is 1.55 bits per heavy atom. The third-order valence-corrected chi connectivity index (χ3v) is 1.24. The van der Waals surface area contributed by atoms with Gasteiger partial charge in [0.15, 0.2) is 0 Å². The van der Waals surface area contributed by atoms with Crippen molar-refractivity contribution < 1.29 is 9.90 Å². The molecule has 0 spiro atoms. The molecule has 11 heavy (non-hydrogen) atoms. The number of hydrogen-bond donors (Lipinski definition) is 2. The van der Waals surface area contributed by atoms with Crippen LogP contribution in [0.4, 0.5) is 0 Å². The molecule has 0 aromatic rings. The minimum Gasteiger partial charge on any atom is -0.392 e. The molecule has 0 bridgehead atoms. The van der Waals surface area contributed by atoms with Crippen LogP contribution in [-0.2, 0) is 4.79 Å². The van der Waals surface area contributed by atoms with Gasteiger partial charge in [0.05, 0.1) is 6.10 Å². The fraction of sp³-hybridized carbons (Fsp3) is 0.875. The monoisotopic (exact) mass is 159 g/mol. The maximum Gasteiger partial charge on any atom is 0.225 e. The van der Waals surface area contributed by atoms with Gasteiger partial charge in [-0.1, -0.05) is 20.8 Å². The molecule has 1 atom stereocenters. The molecular formula is C8H17NO2. The molecule has 0 fully saturated rings. The van der Waals surface area contributed by atoms with Crippen molar-refractivity contribution in [2.75, 3.05) is 6.54 Å². The fourth-order valence-electron chi connectivity index (χ4n) is 0.506. The number of hydrogen-bond acceptors (Lipinski definition) is 2. The summed E-state index contributed by atoms with van der Waals surface area (Å²) in [5.74, 6) is -0.0293. The Bertz CT molecular complexity index is 136. The Labute approximate surface area is 67.8 Å². The Kier molecular flexibility index (Phi) is 3.52. The lowest BCUT2D eigenvalue weighted by Gasteiger charge is -2.18. The number of rotatable bonds is 2. The predicted molar refractivity (Wildman–Crippen MR) is 44.1 cm³/mol. The van der Waals surface area contributed by atoms with Gasteiger partial charge in [-0.25, -0.2) is 0 Å². The van der Waals surface area contributed by atoms with E-state index in [4.69, 9.17) is 5.11 Å². The second-order valence-electron chi connectivity index (χ2n) is 3.81. The molecule has 0 aliphatic heterocycles. The van der Waals surface area contributed by atoms with Crippen LogP contribution in [0.25, 0.3) is 0 Å². The zero-order chi connectivity index (χ0) is 9.07. The lowest BCUT2D eigenvalue weighted by atomic mass is 9.96. The molecule has 0 saturated heterocycles. The third kappa shape index (κ3) is 4.79. The molecule has 0 aromatic carbocycles. The second-order valence-corrected chi connectivity index (χ2v) is 3.81. The van der Waals surface area contributed by atoms with Crippen LogP contribution >= 0.6 is 0 Å². The predicted octanol–water partition coefficient (Wildman–Crippen LogP) is 0.529. The van der Waals surface area contributed by atoms with E-state index in [2.05, 4.69) is 5.32 Å². The van der Waals surface area contributed by atoms with Crippen LogP contribution in [-0.4, -0.2) is 23.7 Å². The van der Waals surface area contributed by atoms with E-state index >= 15 is 0 Å². The smallest absolute Gasteiger partial charge is 0.225 e. The van der Waals surface area contributed by atoms with Gasteiger partial charge in [0.2, 0.25) is 5.91 Å². The normalized spacial score (nSPS) is 14.3. The van der Waals surface area contributed by atoms with Crippen molar-refractivity contribution in [3.05, 3.63) is 0 Å². The Balaban J connectivity index is 3.71. The lowest BCUT2D eigenvalue weighted by molar-refractivity contribution is -0.128. The Morgan fingerprint density at radius 3 is 2.27 bits per heavy atom. The summed E-state index contributed by atoms with van der Waals surface area (Å²) in [6.07, 6.45) is -0.471. The molecule has 0 radical (unpaired) electrons. The van der Waals surface area contributed by atoms with Gasteiger partial charge < -0.3 is 10.4 Å². The van der Waals surface area contributed by atoms with Gasteiger partial charge in [0, 0.05) is 12.0 Å². The van der Waals surface area contributed by atoms with Gasteiger partial charge in [-0.15, -0.1) is 0 Å². The molecule has 1 unspecified atom stereocenters. The average Bonchev–Trinajstić information content (AvgIpc) is 1.80. The highest BCUT2D eigenvalue weighted by molar-refractivity contribution is 5.81. The van der Waals surface area contributed by atoms with E-state index in [0.717, 1.165) is 0 Å². The first-order valence-electron chi connectivity index (χ1n) is 3.80. The topological polar surface area (TPSA) is 49.3 Å². The molecule has 3 nitrogen and oxygen atoms in total. The van der Waals surface area contributed by atoms with Crippen LogP contribution in [0.5, 0.6) is 0 Å². The average molecular weight is 159 g/mol. The van der Waals surface area contributed by atoms with Crippen LogP contribution in [0.1, 0.15) is 27.7 Å². The molecule has 2 N–H and O–H groups in total. The lowest BCUT2D eigenvalue weighted by Crippen LogP contribution is -2.38. The molecule has 0 saturated carbocycles. The number of carbonyl (C=O) groups excluding carboxylic acids is 1. The number of amides is 1. The number of nitrogens with one attached hydrogen (secondary N) is 1. The van der Waals surface area contributed by atoms with E-state index in [1.165, 1.54) is 0 Å². The van der Waals surface area contributed by atoms with Gasteiger partial charge in [0.1, 0.15) is 0 Å². The fourth-order valence-corrected chi connectivity index (χ4v) is 0.506. The summed E-state index contributed by atoms with van der Waals surface area (Å²) in [4.78, 5) is 11.1. The number of carbonyl (C=O) groups is 1. The molecule has 66 valence electrons. The molecule has 3 heteroatoms. The maximum absolute atomic E-state index is 11.1. The zero-order valence-electron chi connectivity index (χ0n) is 7.64. The number of aliphatic hydroxyl groups is 1. The van der Waals surface area contributed by atoms with E-state index in [1.54, 1.807) is 6.92 Å². The summed E-state index contributed by atoms with van der Waals surface area (Å²) in [6, 6.07) is 0. The molecule has 0 heterocycles. The summed E-state index contributed by atoms with van der Waals surface area (Å²) in [7, 11) is 0. The molecule has 0 aromatic heterocycles. The minimum atomic E-state index is -0.471. The molecule has 0 aliphatic rings. The van der Waals surface area contributed by atoms with Crippen LogP contribution in [0.15, 0.2) is 0 Å². The van der Waals surface area contributed by atoms with Crippen molar-refractivity contribution in [3.63, 3.8) is 0 Å². The highest BCUT2D eigenvalue weighted by atomic mass is 16.3. The van der Waals surface area contributed by atoms with E-state index in [1.807, 2.05) is 20.8 Å². The van der Waals surface area contributed by atoms with E-state index in [9.17, 15) is 4.79 Å². The van der Waals surface area contributed by atoms with Crippen molar-refractivity contribution in [2.45, 2.75) is 33.8 Å². The highest BCUT2D eigenvalue weighted by Gasteiger charge is 2.20. The quantitative estimate of drug-likeness (QED) is 0.617. The third-order valence-electron chi connectivity index (χ3n) is 1.24. The van der Waals surface area contributed by atoms with Gasteiger partial charge in [-0.2, -0.15) is 0 Å². The molecule has 0 rings (SSSR count). The Morgan fingerprint density at radius 2 is 2.00 bits per heavy atom. The number of aliphatic hydroxyl groups excluding tert-OH is 1. The van der Waals surface area contributed by atoms with Gasteiger partial charge in [-0.3, -0.25) is 4.79 Å². The largest absolute Gasteiger partial charge is 0.392 e. The summed E-state index contributed by atoms with van der Waals surface area (Å²) in [5.41, 5.74) is -0.366. The summed E-state index contributed by atoms with van der Waals surface area (Å²) in [6.45, 7) is 7.48. The summed E-state index contributed by atoms with van der Waals surface area (Å²) < 4.78 is 0.